The third-order valence-corrected chi connectivity index (χ3v) is 4.53. The minimum Gasteiger partial charge on any atom is -0.322 e. The first-order chi connectivity index (χ1) is 12.9. The number of hydrogen-bond acceptors (Lipinski definition) is 4. The van der Waals surface area contributed by atoms with E-state index in [0.29, 0.717) is 17.2 Å². The van der Waals surface area contributed by atoms with Gasteiger partial charge in [0.05, 0.1) is 11.6 Å². The van der Waals surface area contributed by atoms with E-state index in [-0.39, 0.29) is 23.7 Å². The zero-order valence-corrected chi connectivity index (χ0v) is 15.4. The number of urea groups is 1. The highest BCUT2D eigenvalue weighted by Gasteiger charge is 2.34. The summed E-state index contributed by atoms with van der Waals surface area (Å²) in [6, 6.07) is 6.63. The van der Waals surface area contributed by atoms with Gasteiger partial charge in [0.1, 0.15) is 11.6 Å². The van der Waals surface area contributed by atoms with E-state index < -0.39 is 12.3 Å². The number of benzene rings is 1. The molecule has 3 atom stereocenters. The van der Waals surface area contributed by atoms with Gasteiger partial charge in [0.2, 0.25) is 5.91 Å². The fraction of sp³-hybridized carbons (Fsp3) is 0.389. The van der Waals surface area contributed by atoms with Crippen LogP contribution in [-0.4, -0.2) is 27.8 Å². The fourth-order valence-corrected chi connectivity index (χ4v) is 3.17. The Kier molecular flexibility index (Phi) is 5.41. The van der Waals surface area contributed by atoms with Gasteiger partial charge in [-0.25, -0.2) is 13.9 Å². The first-order valence-electron chi connectivity index (χ1n) is 8.83. The van der Waals surface area contributed by atoms with Gasteiger partial charge in [0.25, 0.3) is 0 Å². The summed E-state index contributed by atoms with van der Waals surface area (Å²) in [5, 5.41) is 15.9. The van der Waals surface area contributed by atoms with Gasteiger partial charge in [0, 0.05) is 17.8 Å². The molecular weight excluding hydrogens is 351 g/mol. The summed E-state index contributed by atoms with van der Waals surface area (Å²) >= 11 is 0. The highest BCUT2D eigenvalue weighted by molar-refractivity contribution is 5.99. The second kappa shape index (κ2) is 7.75. The highest BCUT2D eigenvalue weighted by Crippen LogP contribution is 2.21. The summed E-state index contributed by atoms with van der Waals surface area (Å²) in [5.74, 6) is -0.125. The molecule has 0 radical (unpaired) electrons. The van der Waals surface area contributed by atoms with Crippen molar-refractivity contribution in [3.05, 3.63) is 41.8 Å². The summed E-state index contributed by atoms with van der Waals surface area (Å²) in [6.07, 6.45) is 0.167. The van der Waals surface area contributed by atoms with E-state index in [0.717, 1.165) is 6.42 Å². The van der Waals surface area contributed by atoms with E-state index in [1.807, 2.05) is 13.8 Å². The number of nitrogens with one attached hydrogen (secondary N) is 4. The SMILES string of the molecule is CCC1C(=O)NC(n2nc(C)cc2NC(=O)Nc2ccc(F)cc2)NC1C. The number of carbonyl (C=O) groups is 2. The van der Waals surface area contributed by atoms with Gasteiger partial charge in [-0.05, 0) is 44.5 Å². The number of carbonyl (C=O) groups excluding carboxylic acids is 2. The molecule has 0 bridgehead atoms. The monoisotopic (exact) mass is 374 g/mol. The first kappa shape index (κ1) is 18.8. The second-order valence-corrected chi connectivity index (χ2v) is 6.58. The minimum absolute atomic E-state index is 0.0286. The van der Waals surface area contributed by atoms with Crippen LogP contribution in [0.2, 0.25) is 0 Å². The molecule has 1 aliphatic rings. The van der Waals surface area contributed by atoms with Gasteiger partial charge in [-0.2, -0.15) is 5.10 Å². The first-order valence-corrected chi connectivity index (χ1v) is 8.83. The van der Waals surface area contributed by atoms with Gasteiger partial charge >= 0.3 is 6.03 Å². The van der Waals surface area contributed by atoms with Crippen LogP contribution < -0.4 is 21.3 Å². The number of anilines is 2. The molecule has 4 N–H and O–H groups in total. The number of amides is 3. The van der Waals surface area contributed by atoms with E-state index in [9.17, 15) is 14.0 Å². The topological polar surface area (TPSA) is 100 Å². The Morgan fingerprint density at radius 1 is 1.30 bits per heavy atom. The number of halogens is 1. The Balaban J connectivity index is 1.73. The number of aryl methyl sites for hydroxylation is 1. The minimum atomic E-state index is -0.565. The Morgan fingerprint density at radius 3 is 2.63 bits per heavy atom. The maximum atomic E-state index is 13.0. The standard InChI is InChI=1S/C18H23FN6O2/c1-4-14-11(3)20-17(23-16(14)26)25-15(9-10(2)24-25)22-18(27)21-13-7-5-12(19)6-8-13/h5-9,11,14,17,20H,4H2,1-3H3,(H,23,26)(H2,21,22,27). The summed E-state index contributed by atoms with van der Waals surface area (Å²) < 4.78 is 14.5. The van der Waals surface area contributed by atoms with Crippen molar-refractivity contribution in [3.8, 4) is 0 Å². The fourth-order valence-electron chi connectivity index (χ4n) is 3.17. The lowest BCUT2D eigenvalue weighted by atomic mass is 9.95. The lowest BCUT2D eigenvalue weighted by Gasteiger charge is -2.35. The van der Waals surface area contributed by atoms with Gasteiger partial charge in [-0.1, -0.05) is 6.92 Å². The molecule has 0 spiro atoms. The van der Waals surface area contributed by atoms with Crippen LogP contribution in [0, 0.1) is 18.7 Å². The Bertz CT molecular complexity index is 835. The van der Waals surface area contributed by atoms with E-state index in [4.69, 9.17) is 0 Å². The van der Waals surface area contributed by atoms with Gasteiger partial charge < -0.3 is 10.6 Å². The largest absolute Gasteiger partial charge is 0.324 e. The molecule has 1 aromatic heterocycles. The number of aromatic nitrogens is 2. The molecule has 1 aliphatic heterocycles. The van der Waals surface area contributed by atoms with Crippen molar-refractivity contribution >= 4 is 23.4 Å². The summed E-state index contributed by atoms with van der Waals surface area (Å²) in [5.41, 5.74) is 1.15. The predicted octanol–water partition coefficient (Wildman–Crippen LogP) is 2.56. The van der Waals surface area contributed by atoms with Gasteiger partial charge in [-0.15, -0.1) is 0 Å². The molecule has 0 aliphatic carbocycles. The molecule has 2 aromatic rings. The van der Waals surface area contributed by atoms with Crippen molar-refractivity contribution in [2.45, 2.75) is 39.5 Å². The molecule has 144 valence electrons. The third kappa shape index (κ3) is 4.25. The zero-order chi connectivity index (χ0) is 19.6. The van der Waals surface area contributed by atoms with Crippen LogP contribution in [-0.2, 0) is 4.79 Å². The highest BCUT2D eigenvalue weighted by atomic mass is 19.1. The van der Waals surface area contributed by atoms with Crippen LogP contribution in [0.4, 0.5) is 20.7 Å². The maximum Gasteiger partial charge on any atom is 0.324 e. The predicted molar refractivity (Wildman–Crippen MR) is 99.6 cm³/mol. The molecule has 0 saturated carbocycles. The third-order valence-electron chi connectivity index (χ3n) is 4.53. The lowest BCUT2D eigenvalue weighted by Crippen LogP contribution is -2.57. The Labute approximate surface area is 156 Å². The van der Waals surface area contributed by atoms with Crippen LogP contribution in [0.25, 0.3) is 0 Å². The van der Waals surface area contributed by atoms with Crippen LogP contribution >= 0.6 is 0 Å². The molecule has 3 rings (SSSR count). The molecule has 3 unspecified atom stereocenters. The second-order valence-electron chi connectivity index (χ2n) is 6.58. The zero-order valence-electron chi connectivity index (χ0n) is 15.4. The molecule has 2 heterocycles. The maximum absolute atomic E-state index is 13.0. The van der Waals surface area contributed by atoms with Crippen molar-refractivity contribution < 1.29 is 14.0 Å². The summed E-state index contributed by atoms with van der Waals surface area (Å²) in [7, 11) is 0. The summed E-state index contributed by atoms with van der Waals surface area (Å²) in [6.45, 7) is 5.71. The average Bonchev–Trinajstić information content (AvgIpc) is 2.97. The van der Waals surface area contributed by atoms with Crippen molar-refractivity contribution in [2.75, 3.05) is 10.6 Å². The van der Waals surface area contributed by atoms with Crippen molar-refractivity contribution in [3.63, 3.8) is 0 Å². The van der Waals surface area contributed by atoms with E-state index in [2.05, 4.69) is 26.4 Å². The molecule has 9 heteroatoms. The normalized spacial score (nSPS) is 22.2. The van der Waals surface area contributed by atoms with E-state index in [1.54, 1.807) is 13.0 Å². The van der Waals surface area contributed by atoms with Gasteiger partial charge in [-0.3, -0.25) is 15.4 Å². The summed E-state index contributed by atoms with van der Waals surface area (Å²) in [4.78, 5) is 24.6. The number of nitrogens with zero attached hydrogens (tertiary/aromatic N) is 2. The van der Waals surface area contributed by atoms with Crippen molar-refractivity contribution in [1.82, 2.24) is 20.4 Å². The average molecular weight is 374 g/mol. The number of hydrogen-bond donors (Lipinski definition) is 4. The quantitative estimate of drug-likeness (QED) is 0.661. The molecule has 3 amide bonds. The molecule has 8 nitrogen and oxygen atoms in total. The van der Waals surface area contributed by atoms with Crippen LogP contribution in [0.15, 0.2) is 30.3 Å². The molecule has 1 saturated heterocycles. The van der Waals surface area contributed by atoms with Crippen LogP contribution in [0.3, 0.4) is 0 Å². The Hall–Kier alpha value is -2.94. The van der Waals surface area contributed by atoms with Crippen molar-refractivity contribution in [2.24, 2.45) is 5.92 Å². The molecule has 27 heavy (non-hydrogen) atoms. The van der Waals surface area contributed by atoms with E-state index >= 15 is 0 Å². The molecule has 1 aromatic carbocycles. The molecule has 1 fully saturated rings. The van der Waals surface area contributed by atoms with Crippen LogP contribution in [0.1, 0.15) is 32.3 Å². The van der Waals surface area contributed by atoms with Gasteiger partial charge in [0.15, 0.2) is 6.29 Å². The smallest absolute Gasteiger partial charge is 0.322 e. The van der Waals surface area contributed by atoms with Crippen LogP contribution in [0.5, 0.6) is 0 Å². The molecular formula is C18H23FN6O2. The number of rotatable bonds is 4. The van der Waals surface area contributed by atoms with Crippen molar-refractivity contribution in [1.29, 1.82) is 0 Å². The Morgan fingerprint density at radius 2 is 2.00 bits per heavy atom. The van der Waals surface area contributed by atoms with E-state index in [1.165, 1.54) is 28.9 Å². The lowest BCUT2D eigenvalue weighted by molar-refractivity contribution is -0.130.